The minimum absolute atomic E-state index is 0.0101. The highest BCUT2D eigenvalue weighted by Gasteiger charge is 2.35. The lowest BCUT2D eigenvalue weighted by Crippen LogP contribution is -2.21. The topological polar surface area (TPSA) is 106 Å². The first-order chi connectivity index (χ1) is 20.4. The van der Waals surface area contributed by atoms with E-state index >= 15 is 0 Å². The van der Waals surface area contributed by atoms with Gasteiger partial charge in [0, 0.05) is 29.4 Å². The van der Waals surface area contributed by atoms with E-state index in [4.69, 9.17) is 9.15 Å². The van der Waals surface area contributed by atoms with Gasteiger partial charge in [0.1, 0.15) is 51.7 Å². The largest absolute Gasteiger partial charge is 0.488 e. The van der Waals surface area contributed by atoms with Crippen LogP contribution >= 0.6 is 0 Å². The van der Waals surface area contributed by atoms with Crippen LogP contribution in [0.2, 0.25) is 0 Å². The predicted octanol–water partition coefficient (Wildman–Crippen LogP) is 6.50. The number of nitrogens with zero attached hydrogens (tertiary/aromatic N) is 2. The van der Waals surface area contributed by atoms with Crippen LogP contribution < -0.4 is 15.4 Å². The Hall–Kier alpha value is -4.49. The summed E-state index contributed by atoms with van der Waals surface area (Å²) in [6, 6.07) is 17.8. The number of halogens is 4. The Labute approximate surface area is 244 Å². The molecule has 0 atom stereocenters. The van der Waals surface area contributed by atoms with E-state index in [1.165, 1.54) is 42.9 Å². The van der Waals surface area contributed by atoms with E-state index < -0.39 is 33.1 Å². The van der Waals surface area contributed by atoms with Gasteiger partial charge in [-0.1, -0.05) is 12.1 Å². The van der Waals surface area contributed by atoms with Crippen LogP contribution in [0.15, 0.2) is 83.5 Å². The van der Waals surface area contributed by atoms with Crippen molar-refractivity contribution in [1.29, 1.82) is 0 Å². The molecule has 0 saturated heterocycles. The molecule has 13 heteroatoms. The van der Waals surface area contributed by atoms with Crippen LogP contribution in [-0.4, -0.2) is 36.9 Å². The number of hydrogen-bond donors (Lipinski definition) is 2. The summed E-state index contributed by atoms with van der Waals surface area (Å²) in [7, 11) is -3.07. The number of alkyl halides is 3. The standard InChI is InChI=1S/C30H26F4N4O4S/c1-43(39,40)12-11-35-16-23-7-10-27(42-23)20-5-8-26-24(14-20)29(37-18-36-26)38-22-6-9-28(25(15-22)30(32,33)34)41-17-19-3-2-4-21(31)13-19/h2-10,13-15,18,35H,11-12,16-17H2,1H3,(H,36,37,38). The van der Waals surface area contributed by atoms with Gasteiger partial charge in [0.25, 0.3) is 0 Å². The molecule has 2 N–H and O–H groups in total. The lowest BCUT2D eigenvalue weighted by atomic mass is 10.1. The van der Waals surface area contributed by atoms with Crippen LogP contribution in [0, 0.1) is 5.82 Å². The number of hydrogen-bond acceptors (Lipinski definition) is 8. The second-order valence-corrected chi connectivity index (χ2v) is 12.0. The van der Waals surface area contributed by atoms with Gasteiger partial charge in [-0.05, 0) is 66.2 Å². The highest BCUT2D eigenvalue weighted by Crippen LogP contribution is 2.39. The Morgan fingerprint density at radius 1 is 0.977 bits per heavy atom. The van der Waals surface area contributed by atoms with Crippen LogP contribution in [-0.2, 0) is 29.2 Å². The molecular formula is C30H26F4N4O4S. The minimum Gasteiger partial charge on any atom is -0.488 e. The molecule has 2 aromatic heterocycles. The number of benzene rings is 3. The summed E-state index contributed by atoms with van der Waals surface area (Å²) >= 11 is 0. The summed E-state index contributed by atoms with van der Waals surface area (Å²) in [5.74, 6) is 0.528. The van der Waals surface area contributed by atoms with Gasteiger partial charge in [-0.25, -0.2) is 22.8 Å². The number of furan rings is 1. The van der Waals surface area contributed by atoms with Crippen molar-refractivity contribution in [2.45, 2.75) is 19.3 Å². The quantitative estimate of drug-likeness (QED) is 0.128. The molecule has 0 unspecified atom stereocenters. The van der Waals surface area contributed by atoms with E-state index in [0.29, 0.717) is 40.1 Å². The van der Waals surface area contributed by atoms with E-state index in [1.807, 2.05) is 0 Å². The average molecular weight is 615 g/mol. The van der Waals surface area contributed by atoms with Gasteiger partial charge in [-0.15, -0.1) is 0 Å². The molecule has 0 aliphatic heterocycles. The molecule has 0 aliphatic carbocycles. The normalized spacial score (nSPS) is 12.0. The van der Waals surface area contributed by atoms with Crippen molar-refractivity contribution in [2.75, 3.05) is 23.9 Å². The summed E-state index contributed by atoms with van der Waals surface area (Å²) in [6.45, 7) is 0.383. The number of nitrogens with one attached hydrogen (secondary N) is 2. The maximum absolute atomic E-state index is 14.0. The molecule has 43 heavy (non-hydrogen) atoms. The van der Waals surface area contributed by atoms with Crippen LogP contribution in [0.4, 0.5) is 29.1 Å². The molecule has 2 heterocycles. The third kappa shape index (κ3) is 7.87. The summed E-state index contributed by atoms with van der Waals surface area (Å²) in [4.78, 5) is 8.51. The van der Waals surface area contributed by atoms with Gasteiger partial charge >= 0.3 is 6.18 Å². The SMILES string of the molecule is CS(=O)(=O)CCNCc1ccc(-c2ccc3ncnc(Nc4ccc(OCc5cccc(F)c5)c(C(F)(F)F)c4)c3c2)o1. The summed E-state index contributed by atoms with van der Waals surface area (Å²) in [5, 5.41) is 6.52. The van der Waals surface area contributed by atoms with E-state index in [2.05, 4.69) is 20.6 Å². The Kier molecular flexibility index (Phi) is 8.64. The van der Waals surface area contributed by atoms with Gasteiger partial charge < -0.3 is 19.8 Å². The number of aromatic nitrogens is 2. The van der Waals surface area contributed by atoms with Crippen molar-refractivity contribution in [2.24, 2.45) is 0 Å². The first kappa shape index (κ1) is 30.0. The Morgan fingerprint density at radius 3 is 2.58 bits per heavy atom. The molecule has 8 nitrogen and oxygen atoms in total. The molecule has 0 amide bonds. The zero-order chi connectivity index (χ0) is 30.6. The van der Waals surface area contributed by atoms with Crippen LogP contribution in [0.25, 0.3) is 22.2 Å². The molecule has 0 bridgehead atoms. The summed E-state index contributed by atoms with van der Waals surface area (Å²) < 4.78 is 89.3. The maximum atomic E-state index is 14.0. The molecular weight excluding hydrogens is 588 g/mol. The lowest BCUT2D eigenvalue weighted by Gasteiger charge is -2.16. The van der Waals surface area contributed by atoms with E-state index in [-0.39, 0.29) is 30.4 Å². The Balaban J connectivity index is 1.36. The zero-order valence-electron chi connectivity index (χ0n) is 22.8. The lowest BCUT2D eigenvalue weighted by molar-refractivity contribution is -0.139. The fraction of sp³-hybridized carbons (Fsp3) is 0.200. The van der Waals surface area contributed by atoms with Crippen molar-refractivity contribution in [3.05, 3.63) is 102 Å². The fourth-order valence-corrected chi connectivity index (χ4v) is 4.80. The second kappa shape index (κ2) is 12.4. The second-order valence-electron chi connectivity index (χ2n) is 9.78. The fourth-order valence-electron chi connectivity index (χ4n) is 4.29. The van der Waals surface area contributed by atoms with Crippen LogP contribution in [0.5, 0.6) is 5.75 Å². The van der Waals surface area contributed by atoms with Crippen molar-refractivity contribution >= 4 is 32.2 Å². The van der Waals surface area contributed by atoms with Gasteiger partial charge in [0.15, 0.2) is 0 Å². The first-order valence-electron chi connectivity index (χ1n) is 13.0. The minimum atomic E-state index is -4.72. The van der Waals surface area contributed by atoms with Gasteiger partial charge in [0.05, 0.1) is 23.4 Å². The number of ether oxygens (including phenoxy) is 1. The Bertz CT molecular complexity index is 1860. The molecule has 0 aliphatic rings. The van der Waals surface area contributed by atoms with Gasteiger partial charge in [0.2, 0.25) is 0 Å². The average Bonchev–Trinajstić information content (AvgIpc) is 3.43. The van der Waals surface area contributed by atoms with Crippen molar-refractivity contribution in [1.82, 2.24) is 15.3 Å². The van der Waals surface area contributed by atoms with E-state index in [9.17, 15) is 26.0 Å². The molecule has 5 aromatic rings. The summed E-state index contributed by atoms with van der Waals surface area (Å²) in [5.41, 5.74) is 0.759. The number of fused-ring (bicyclic) bond motifs is 1. The number of sulfone groups is 1. The molecule has 0 radical (unpaired) electrons. The van der Waals surface area contributed by atoms with Gasteiger partial charge in [-0.3, -0.25) is 0 Å². The van der Waals surface area contributed by atoms with Crippen LogP contribution in [0.3, 0.4) is 0 Å². The molecule has 0 saturated carbocycles. The Morgan fingerprint density at radius 2 is 1.81 bits per heavy atom. The smallest absolute Gasteiger partial charge is 0.420 e. The van der Waals surface area contributed by atoms with Crippen molar-refractivity contribution in [3.8, 4) is 17.1 Å². The predicted molar refractivity (Wildman–Crippen MR) is 154 cm³/mol. The maximum Gasteiger partial charge on any atom is 0.420 e. The molecule has 0 fully saturated rings. The van der Waals surface area contributed by atoms with E-state index in [0.717, 1.165) is 6.07 Å². The van der Waals surface area contributed by atoms with E-state index in [1.54, 1.807) is 36.4 Å². The third-order valence-corrected chi connectivity index (χ3v) is 7.31. The van der Waals surface area contributed by atoms with Crippen molar-refractivity contribution < 1.29 is 35.1 Å². The van der Waals surface area contributed by atoms with Crippen LogP contribution in [0.1, 0.15) is 16.9 Å². The molecule has 3 aromatic carbocycles. The zero-order valence-corrected chi connectivity index (χ0v) is 23.6. The van der Waals surface area contributed by atoms with Gasteiger partial charge in [-0.2, -0.15) is 13.2 Å². The third-order valence-electron chi connectivity index (χ3n) is 6.36. The van der Waals surface area contributed by atoms with Crippen molar-refractivity contribution in [3.63, 3.8) is 0 Å². The monoisotopic (exact) mass is 614 g/mol. The molecule has 224 valence electrons. The highest BCUT2D eigenvalue weighted by molar-refractivity contribution is 7.90. The summed E-state index contributed by atoms with van der Waals surface area (Å²) in [6.07, 6.45) is -2.24. The number of anilines is 2. The molecule has 0 spiro atoms. The molecule has 5 rings (SSSR count). The first-order valence-corrected chi connectivity index (χ1v) is 15.1. The number of rotatable bonds is 11. The highest BCUT2D eigenvalue weighted by atomic mass is 32.2.